The van der Waals surface area contributed by atoms with Crippen LogP contribution in [-0.4, -0.2) is 17.4 Å². The number of benzene rings is 1. The summed E-state index contributed by atoms with van der Waals surface area (Å²) in [6.45, 7) is 2.65. The molecule has 0 saturated heterocycles. The summed E-state index contributed by atoms with van der Waals surface area (Å²) in [7, 11) is 0. The van der Waals surface area contributed by atoms with Gasteiger partial charge in [0.2, 0.25) is 0 Å². The van der Waals surface area contributed by atoms with Crippen LogP contribution in [0.15, 0.2) is 36.5 Å². The van der Waals surface area contributed by atoms with Crippen LogP contribution in [0.3, 0.4) is 0 Å². The molecule has 2 rings (SSSR count). The van der Waals surface area contributed by atoms with Gasteiger partial charge in [-0.05, 0) is 31.2 Å². The molecule has 0 aliphatic carbocycles. The Morgan fingerprint density at radius 3 is 2.75 bits per heavy atom. The molecule has 0 radical (unpaired) electrons. The third kappa shape index (κ3) is 3.62. The van der Waals surface area contributed by atoms with Gasteiger partial charge in [0.15, 0.2) is 0 Å². The van der Waals surface area contributed by atoms with Gasteiger partial charge in [-0.1, -0.05) is 29.3 Å². The van der Waals surface area contributed by atoms with Crippen molar-refractivity contribution >= 4 is 40.6 Å². The van der Waals surface area contributed by atoms with E-state index in [1.165, 1.54) is 6.20 Å². The van der Waals surface area contributed by atoms with E-state index < -0.39 is 0 Å². The quantitative estimate of drug-likeness (QED) is 0.895. The number of hydrogen-bond acceptors (Lipinski definition) is 3. The third-order valence-electron chi connectivity index (χ3n) is 2.53. The van der Waals surface area contributed by atoms with Crippen LogP contribution in [0.25, 0.3) is 0 Å². The number of carbonyl (C=O) groups excluding carboxylic acids is 1. The zero-order valence-corrected chi connectivity index (χ0v) is 12.3. The van der Waals surface area contributed by atoms with E-state index in [4.69, 9.17) is 23.2 Å². The first-order chi connectivity index (χ1) is 9.60. The Hall–Kier alpha value is -1.78. The molecule has 0 atom stereocenters. The van der Waals surface area contributed by atoms with E-state index in [-0.39, 0.29) is 5.91 Å². The number of rotatable bonds is 4. The predicted octanol–water partition coefficient (Wildman–Crippen LogP) is 4.07. The Kier molecular flexibility index (Phi) is 4.82. The van der Waals surface area contributed by atoms with E-state index in [0.29, 0.717) is 33.7 Å². The fourth-order valence-corrected chi connectivity index (χ4v) is 2.05. The Labute approximate surface area is 127 Å². The van der Waals surface area contributed by atoms with Crippen molar-refractivity contribution in [3.63, 3.8) is 0 Å². The van der Waals surface area contributed by atoms with E-state index in [2.05, 4.69) is 15.6 Å². The summed E-state index contributed by atoms with van der Waals surface area (Å²) in [6, 6.07) is 8.50. The highest BCUT2D eigenvalue weighted by Gasteiger charge is 2.10. The van der Waals surface area contributed by atoms with Gasteiger partial charge < -0.3 is 10.6 Å². The maximum atomic E-state index is 12.1. The fraction of sp³-hybridized carbons (Fsp3) is 0.143. The molecule has 0 aliphatic rings. The van der Waals surface area contributed by atoms with Gasteiger partial charge >= 0.3 is 0 Å². The summed E-state index contributed by atoms with van der Waals surface area (Å²) >= 11 is 11.9. The van der Waals surface area contributed by atoms with Gasteiger partial charge in [0, 0.05) is 23.5 Å². The first-order valence-corrected chi connectivity index (χ1v) is 6.82. The molecular formula is C14H13Cl2N3O. The van der Waals surface area contributed by atoms with E-state index in [9.17, 15) is 4.79 Å². The van der Waals surface area contributed by atoms with Gasteiger partial charge in [-0.25, -0.2) is 4.98 Å². The minimum atomic E-state index is -0.287. The molecule has 0 saturated carbocycles. The van der Waals surface area contributed by atoms with Crippen LogP contribution in [0, 0.1) is 0 Å². The number of hydrogen-bond donors (Lipinski definition) is 2. The second kappa shape index (κ2) is 6.59. The number of aromatic nitrogens is 1. The summed E-state index contributed by atoms with van der Waals surface area (Å²) in [5.41, 5.74) is 1.01. The fourth-order valence-electron chi connectivity index (χ4n) is 1.63. The molecule has 20 heavy (non-hydrogen) atoms. The highest BCUT2D eigenvalue weighted by molar-refractivity contribution is 6.33. The highest BCUT2D eigenvalue weighted by atomic mass is 35.5. The van der Waals surface area contributed by atoms with E-state index >= 15 is 0 Å². The van der Waals surface area contributed by atoms with Crippen molar-refractivity contribution in [2.75, 3.05) is 17.2 Å². The molecule has 1 amide bonds. The number of nitrogens with zero attached hydrogens (tertiary/aromatic N) is 1. The summed E-state index contributed by atoms with van der Waals surface area (Å²) in [4.78, 5) is 16.2. The minimum absolute atomic E-state index is 0.287. The maximum absolute atomic E-state index is 12.1. The molecule has 104 valence electrons. The SMILES string of the molecule is CCNc1ncc(C(=O)Nc2cccc(Cl)c2)cc1Cl. The molecule has 2 aromatic rings. The number of pyridine rings is 1. The first kappa shape index (κ1) is 14.6. The number of amides is 1. The maximum Gasteiger partial charge on any atom is 0.257 e. The first-order valence-electron chi connectivity index (χ1n) is 6.06. The number of carbonyl (C=O) groups is 1. The van der Waals surface area contributed by atoms with E-state index in [1.54, 1.807) is 30.3 Å². The molecule has 0 spiro atoms. The van der Waals surface area contributed by atoms with E-state index in [1.807, 2.05) is 6.92 Å². The minimum Gasteiger partial charge on any atom is -0.369 e. The number of nitrogens with one attached hydrogen (secondary N) is 2. The second-order valence-corrected chi connectivity index (χ2v) is 4.89. The molecule has 2 N–H and O–H groups in total. The van der Waals surface area contributed by atoms with Crippen molar-refractivity contribution < 1.29 is 4.79 Å². The second-order valence-electron chi connectivity index (χ2n) is 4.05. The van der Waals surface area contributed by atoms with Crippen LogP contribution in [0.5, 0.6) is 0 Å². The Morgan fingerprint density at radius 1 is 1.30 bits per heavy atom. The van der Waals surface area contributed by atoms with Crippen molar-refractivity contribution in [3.8, 4) is 0 Å². The van der Waals surface area contributed by atoms with Gasteiger partial charge in [0.05, 0.1) is 10.6 Å². The van der Waals surface area contributed by atoms with Crippen LogP contribution in [0.2, 0.25) is 10.0 Å². The highest BCUT2D eigenvalue weighted by Crippen LogP contribution is 2.21. The predicted molar refractivity (Wildman–Crippen MR) is 82.8 cm³/mol. The monoisotopic (exact) mass is 309 g/mol. The molecule has 6 heteroatoms. The van der Waals surface area contributed by atoms with Gasteiger partial charge in [-0.15, -0.1) is 0 Å². The van der Waals surface area contributed by atoms with Gasteiger partial charge in [-0.2, -0.15) is 0 Å². The molecular weight excluding hydrogens is 297 g/mol. The zero-order valence-electron chi connectivity index (χ0n) is 10.8. The van der Waals surface area contributed by atoms with Crippen molar-refractivity contribution in [3.05, 3.63) is 52.1 Å². The largest absolute Gasteiger partial charge is 0.369 e. The average molecular weight is 310 g/mol. The molecule has 0 unspecified atom stereocenters. The Morgan fingerprint density at radius 2 is 2.10 bits per heavy atom. The number of anilines is 2. The molecule has 1 heterocycles. The average Bonchev–Trinajstić information content (AvgIpc) is 2.41. The van der Waals surface area contributed by atoms with Crippen LogP contribution in [-0.2, 0) is 0 Å². The van der Waals surface area contributed by atoms with Crippen LogP contribution in [0.4, 0.5) is 11.5 Å². The molecule has 1 aromatic carbocycles. The topological polar surface area (TPSA) is 54.0 Å². The standard InChI is InChI=1S/C14H13Cl2N3O/c1-2-17-13-12(16)6-9(8-18-13)14(20)19-11-5-3-4-10(15)7-11/h3-8H,2H2,1H3,(H,17,18)(H,19,20). The lowest BCUT2D eigenvalue weighted by molar-refractivity contribution is 0.102. The normalized spacial score (nSPS) is 10.2. The zero-order chi connectivity index (χ0) is 14.5. The lowest BCUT2D eigenvalue weighted by Gasteiger charge is -2.08. The number of halogens is 2. The molecule has 4 nitrogen and oxygen atoms in total. The van der Waals surface area contributed by atoms with Crippen LogP contribution >= 0.6 is 23.2 Å². The molecule has 1 aromatic heterocycles. The van der Waals surface area contributed by atoms with Crippen LogP contribution < -0.4 is 10.6 Å². The van der Waals surface area contributed by atoms with Crippen molar-refractivity contribution in [1.29, 1.82) is 0 Å². The Balaban J connectivity index is 2.15. The summed E-state index contributed by atoms with van der Waals surface area (Å²) < 4.78 is 0. The lowest BCUT2D eigenvalue weighted by Crippen LogP contribution is -2.12. The van der Waals surface area contributed by atoms with Crippen molar-refractivity contribution in [2.24, 2.45) is 0 Å². The molecule has 0 aliphatic heterocycles. The molecule has 0 bridgehead atoms. The molecule has 0 fully saturated rings. The van der Waals surface area contributed by atoms with Gasteiger partial charge in [-0.3, -0.25) is 4.79 Å². The van der Waals surface area contributed by atoms with Crippen molar-refractivity contribution in [1.82, 2.24) is 4.98 Å². The summed E-state index contributed by atoms with van der Waals surface area (Å²) in [5, 5.41) is 6.71. The third-order valence-corrected chi connectivity index (χ3v) is 3.05. The summed E-state index contributed by atoms with van der Waals surface area (Å²) in [5.74, 6) is 0.276. The van der Waals surface area contributed by atoms with Gasteiger partial charge in [0.1, 0.15) is 5.82 Å². The summed E-state index contributed by atoms with van der Waals surface area (Å²) in [6.07, 6.45) is 1.48. The van der Waals surface area contributed by atoms with Crippen molar-refractivity contribution in [2.45, 2.75) is 6.92 Å². The Bertz CT molecular complexity index is 632. The van der Waals surface area contributed by atoms with Gasteiger partial charge in [0.25, 0.3) is 5.91 Å². The lowest BCUT2D eigenvalue weighted by atomic mass is 10.2. The smallest absolute Gasteiger partial charge is 0.257 e. The van der Waals surface area contributed by atoms with E-state index in [0.717, 1.165) is 0 Å². The van der Waals surface area contributed by atoms with Crippen LogP contribution in [0.1, 0.15) is 17.3 Å².